The van der Waals surface area contributed by atoms with Crippen LogP contribution in [0.1, 0.15) is 25.7 Å². The molecule has 2 aliphatic carbocycles. The van der Waals surface area contributed by atoms with Crippen LogP contribution in [0.2, 0.25) is 0 Å². The molecule has 1 saturated carbocycles. The van der Waals surface area contributed by atoms with Gasteiger partial charge in [0.1, 0.15) is 0 Å². The summed E-state index contributed by atoms with van der Waals surface area (Å²) in [6.45, 7) is 0. The molecule has 1 unspecified atom stereocenters. The molecule has 0 amide bonds. The van der Waals surface area contributed by atoms with E-state index < -0.39 is 0 Å². The van der Waals surface area contributed by atoms with Gasteiger partial charge in [0.2, 0.25) is 0 Å². The summed E-state index contributed by atoms with van der Waals surface area (Å²) in [6.07, 6.45) is 5.63. The minimum absolute atomic E-state index is 1.04. The summed E-state index contributed by atoms with van der Waals surface area (Å²) in [4.78, 5) is 0. The quantitative estimate of drug-likeness (QED) is 0.524. The average Bonchev–Trinajstić information content (AvgIpc) is 2.23. The van der Waals surface area contributed by atoms with Crippen molar-refractivity contribution in [2.24, 2.45) is 5.92 Å². The van der Waals surface area contributed by atoms with Crippen molar-refractivity contribution in [3.63, 3.8) is 0 Å². The minimum atomic E-state index is 1.04. The van der Waals surface area contributed by atoms with Crippen molar-refractivity contribution in [3.8, 4) is 0 Å². The summed E-state index contributed by atoms with van der Waals surface area (Å²) in [7, 11) is 0. The van der Waals surface area contributed by atoms with Gasteiger partial charge >= 0.3 is 60.4 Å². The van der Waals surface area contributed by atoms with E-state index in [1.807, 2.05) is 0 Å². The van der Waals surface area contributed by atoms with Crippen molar-refractivity contribution >= 4 is 0 Å². The van der Waals surface area contributed by atoms with Gasteiger partial charge in [-0.3, -0.25) is 0 Å². The second-order valence-electron chi connectivity index (χ2n) is 2.78. The van der Waals surface area contributed by atoms with Crippen LogP contribution >= 0.6 is 0 Å². The molecule has 0 aromatic heterocycles. The van der Waals surface area contributed by atoms with Crippen molar-refractivity contribution in [1.29, 1.82) is 0 Å². The second kappa shape index (κ2) is 1.69. The van der Waals surface area contributed by atoms with Gasteiger partial charge in [-0.05, 0) is 0 Å². The number of rotatable bonds is 0. The summed E-state index contributed by atoms with van der Waals surface area (Å²) < 4.78 is 1.56. The predicted molar refractivity (Wildman–Crippen MR) is 29.0 cm³/mol. The Bertz CT molecular complexity index is 144. The van der Waals surface area contributed by atoms with E-state index in [1.165, 1.54) is 25.7 Å². The Hall–Kier alpha value is 0.402. The fourth-order valence-electron chi connectivity index (χ4n) is 1.72. The van der Waals surface area contributed by atoms with Gasteiger partial charge in [-0.25, -0.2) is 0 Å². The molecule has 0 radical (unpaired) electrons. The Morgan fingerprint density at radius 2 is 2.25 bits per heavy atom. The Kier molecular flexibility index (Phi) is 1.10. The van der Waals surface area contributed by atoms with Crippen LogP contribution in [-0.2, 0) is 19.2 Å². The van der Waals surface area contributed by atoms with Crippen molar-refractivity contribution in [2.75, 3.05) is 0 Å². The Morgan fingerprint density at radius 3 is 2.50 bits per heavy atom. The third kappa shape index (κ3) is 0.617. The van der Waals surface area contributed by atoms with Crippen molar-refractivity contribution in [1.82, 2.24) is 0 Å². The predicted octanol–water partition coefficient (Wildman–Crippen LogP) is 1.99. The van der Waals surface area contributed by atoms with Gasteiger partial charge < -0.3 is 0 Å². The van der Waals surface area contributed by atoms with Gasteiger partial charge in [-0.15, -0.1) is 0 Å². The third-order valence-electron chi connectivity index (χ3n) is 2.21. The molecule has 1 atom stereocenters. The molecule has 1 heteroatoms. The van der Waals surface area contributed by atoms with Crippen LogP contribution in [0.15, 0.2) is 9.62 Å². The summed E-state index contributed by atoms with van der Waals surface area (Å²) in [5.74, 6) is 1.04. The van der Waals surface area contributed by atoms with Crippen LogP contribution < -0.4 is 0 Å². The number of allylic oxidation sites excluding steroid dienone is 2. The maximum absolute atomic E-state index is 3.32. The first kappa shape index (κ1) is 5.21. The van der Waals surface area contributed by atoms with Crippen molar-refractivity contribution < 1.29 is 19.2 Å². The summed E-state index contributed by atoms with van der Waals surface area (Å²) in [6, 6.07) is 0. The first-order valence-corrected chi connectivity index (χ1v) is 3.97. The molecule has 2 rings (SSSR count). The zero-order chi connectivity index (χ0) is 5.56. The third-order valence-corrected chi connectivity index (χ3v) is 3.07. The van der Waals surface area contributed by atoms with Crippen LogP contribution in [0.5, 0.6) is 0 Å². The monoisotopic (exact) mass is 199 g/mol. The summed E-state index contributed by atoms with van der Waals surface area (Å²) in [5.41, 5.74) is 1.72. The van der Waals surface area contributed by atoms with E-state index in [0.717, 1.165) is 5.92 Å². The molecule has 0 aliphatic heterocycles. The zero-order valence-electron chi connectivity index (χ0n) is 4.72. The molecule has 8 heavy (non-hydrogen) atoms. The van der Waals surface area contributed by atoms with Crippen LogP contribution in [0.25, 0.3) is 0 Å². The van der Waals surface area contributed by atoms with E-state index in [-0.39, 0.29) is 0 Å². The Balaban J connectivity index is 2.33. The standard InChI is InChI=1S/C7H9.Pd/c1-2-7-4-3-6(1)5-7;/h6H,1-3,5H2;. The number of fused-ring (bicyclic) bond motifs is 2. The van der Waals surface area contributed by atoms with E-state index in [9.17, 15) is 0 Å². The first-order chi connectivity index (χ1) is 3.86. The molecule has 0 aromatic carbocycles. The van der Waals surface area contributed by atoms with E-state index in [2.05, 4.69) is 19.2 Å². The topological polar surface area (TPSA) is 0 Å². The van der Waals surface area contributed by atoms with Crippen LogP contribution in [-0.4, -0.2) is 0 Å². The van der Waals surface area contributed by atoms with Gasteiger partial charge in [0.25, 0.3) is 0 Å². The van der Waals surface area contributed by atoms with Gasteiger partial charge in [0, 0.05) is 0 Å². The normalized spacial score (nSPS) is 35.0. The molecule has 2 aliphatic rings. The molecule has 0 spiro atoms. The van der Waals surface area contributed by atoms with Gasteiger partial charge in [-0.1, -0.05) is 0 Å². The molecule has 0 N–H and O–H groups in total. The molecule has 47 valence electrons. The fourth-order valence-corrected chi connectivity index (χ4v) is 2.52. The van der Waals surface area contributed by atoms with E-state index in [1.54, 1.807) is 9.62 Å². The first-order valence-electron chi connectivity index (χ1n) is 3.19. The van der Waals surface area contributed by atoms with Gasteiger partial charge in [0.15, 0.2) is 0 Å². The van der Waals surface area contributed by atoms with Gasteiger partial charge in [0.05, 0.1) is 0 Å². The molecule has 0 nitrogen and oxygen atoms in total. The molecular weight excluding hydrogens is 190 g/mol. The summed E-state index contributed by atoms with van der Waals surface area (Å²) in [5, 5.41) is 0. The summed E-state index contributed by atoms with van der Waals surface area (Å²) >= 11 is 3.32. The molecule has 1 fully saturated rings. The van der Waals surface area contributed by atoms with Crippen LogP contribution in [0, 0.1) is 5.92 Å². The van der Waals surface area contributed by atoms with Crippen molar-refractivity contribution in [2.45, 2.75) is 25.7 Å². The zero-order valence-corrected chi connectivity index (χ0v) is 6.28. The Labute approximate surface area is 60.8 Å². The number of hydrogen-bond donors (Lipinski definition) is 0. The van der Waals surface area contributed by atoms with Gasteiger partial charge in [-0.2, -0.15) is 0 Å². The van der Waals surface area contributed by atoms with E-state index in [4.69, 9.17) is 0 Å². The second-order valence-corrected chi connectivity index (χ2v) is 3.72. The molecule has 0 saturated heterocycles. The molecule has 0 aromatic rings. The van der Waals surface area contributed by atoms with E-state index in [0.29, 0.717) is 0 Å². The molecule has 0 heterocycles. The maximum atomic E-state index is 3.32. The van der Waals surface area contributed by atoms with Crippen LogP contribution in [0.4, 0.5) is 0 Å². The fraction of sp³-hybridized carbons (Fsp3) is 0.714. The average molecular weight is 200 g/mol. The van der Waals surface area contributed by atoms with Crippen LogP contribution in [0.3, 0.4) is 0 Å². The van der Waals surface area contributed by atoms with E-state index >= 15 is 0 Å². The van der Waals surface area contributed by atoms with Crippen molar-refractivity contribution in [3.05, 3.63) is 9.62 Å². The SMILES string of the molecule is [Pd][C]1=C2CCC(C1)C2. The molecule has 2 bridgehead atoms. The number of hydrogen-bond acceptors (Lipinski definition) is 0. The Morgan fingerprint density at radius 1 is 1.38 bits per heavy atom. The molecular formula is C7H9Pd.